The molecule has 1 aliphatic carbocycles. The molecule has 0 bridgehead atoms. The third kappa shape index (κ3) is 4.96. The SMILES string of the molecule is CC1CC(C)CC(COC(O)CCO)C1. The maximum atomic E-state index is 9.33. The predicted octanol–water partition coefficient (Wildman–Crippen LogP) is 1.78. The van der Waals surface area contributed by atoms with Crippen LogP contribution in [-0.4, -0.2) is 29.7 Å². The van der Waals surface area contributed by atoms with Crippen LogP contribution in [0.15, 0.2) is 0 Å². The summed E-state index contributed by atoms with van der Waals surface area (Å²) in [7, 11) is 0. The second kappa shape index (κ2) is 6.46. The molecule has 0 heterocycles. The summed E-state index contributed by atoms with van der Waals surface area (Å²) < 4.78 is 5.31. The molecule has 3 heteroatoms. The highest BCUT2D eigenvalue weighted by Gasteiger charge is 2.24. The predicted molar refractivity (Wildman–Crippen MR) is 59.3 cm³/mol. The van der Waals surface area contributed by atoms with Crippen LogP contribution in [0.3, 0.4) is 0 Å². The third-order valence-corrected chi connectivity index (χ3v) is 3.18. The zero-order chi connectivity index (χ0) is 11.3. The Labute approximate surface area is 92.4 Å². The monoisotopic (exact) mass is 216 g/mol. The van der Waals surface area contributed by atoms with Gasteiger partial charge in [-0.05, 0) is 37.0 Å². The molecular formula is C12H24O3. The average Bonchev–Trinajstić information content (AvgIpc) is 2.14. The number of rotatable bonds is 5. The number of ether oxygens (including phenoxy) is 1. The molecule has 1 fully saturated rings. The third-order valence-electron chi connectivity index (χ3n) is 3.18. The van der Waals surface area contributed by atoms with Gasteiger partial charge in [-0.15, -0.1) is 0 Å². The molecule has 2 N–H and O–H groups in total. The van der Waals surface area contributed by atoms with Gasteiger partial charge in [-0.25, -0.2) is 0 Å². The fraction of sp³-hybridized carbons (Fsp3) is 1.00. The average molecular weight is 216 g/mol. The van der Waals surface area contributed by atoms with Crippen LogP contribution < -0.4 is 0 Å². The van der Waals surface area contributed by atoms with Crippen LogP contribution in [0.4, 0.5) is 0 Å². The van der Waals surface area contributed by atoms with E-state index < -0.39 is 6.29 Å². The van der Waals surface area contributed by atoms with Gasteiger partial charge in [0.15, 0.2) is 6.29 Å². The van der Waals surface area contributed by atoms with E-state index in [1.807, 2.05) is 0 Å². The van der Waals surface area contributed by atoms with Gasteiger partial charge in [-0.3, -0.25) is 0 Å². The first-order chi connectivity index (χ1) is 7.11. The van der Waals surface area contributed by atoms with Crippen molar-refractivity contribution in [3.63, 3.8) is 0 Å². The Bertz CT molecular complexity index is 162. The van der Waals surface area contributed by atoms with Gasteiger partial charge in [0.05, 0.1) is 6.61 Å². The zero-order valence-electron chi connectivity index (χ0n) is 9.85. The largest absolute Gasteiger partial charge is 0.396 e. The highest BCUT2D eigenvalue weighted by Crippen LogP contribution is 2.32. The van der Waals surface area contributed by atoms with Gasteiger partial charge in [0.1, 0.15) is 0 Å². The van der Waals surface area contributed by atoms with Crippen molar-refractivity contribution in [1.82, 2.24) is 0 Å². The van der Waals surface area contributed by atoms with E-state index in [1.165, 1.54) is 19.3 Å². The molecular weight excluding hydrogens is 192 g/mol. The highest BCUT2D eigenvalue weighted by atomic mass is 16.6. The molecule has 3 atom stereocenters. The van der Waals surface area contributed by atoms with E-state index in [4.69, 9.17) is 9.84 Å². The molecule has 0 aliphatic heterocycles. The molecule has 0 spiro atoms. The number of hydrogen-bond acceptors (Lipinski definition) is 3. The van der Waals surface area contributed by atoms with E-state index in [2.05, 4.69) is 13.8 Å². The van der Waals surface area contributed by atoms with Crippen molar-refractivity contribution in [1.29, 1.82) is 0 Å². The van der Waals surface area contributed by atoms with Crippen molar-refractivity contribution in [2.45, 2.75) is 45.8 Å². The summed E-state index contributed by atoms with van der Waals surface area (Å²) in [4.78, 5) is 0. The first-order valence-corrected chi connectivity index (χ1v) is 6.02. The highest BCUT2D eigenvalue weighted by molar-refractivity contribution is 4.74. The number of aliphatic hydroxyl groups is 2. The molecule has 0 aromatic carbocycles. The van der Waals surface area contributed by atoms with Crippen LogP contribution in [0.5, 0.6) is 0 Å². The lowest BCUT2D eigenvalue weighted by Crippen LogP contribution is -2.26. The maximum Gasteiger partial charge on any atom is 0.156 e. The van der Waals surface area contributed by atoms with Crippen LogP contribution in [-0.2, 0) is 4.74 Å². The summed E-state index contributed by atoms with van der Waals surface area (Å²) in [6, 6.07) is 0. The quantitative estimate of drug-likeness (QED) is 0.689. The van der Waals surface area contributed by atoms with Crippen molar-refractivity contribution in [3.8, 4) is 0 Å². The first kappa shape index (κ1) is 12.9. The minimum atomic E-state index is -0.789. The Morgan fingerprint density at radius 3 is 2.33 bits per heavy atom. The lowest BCUT2D eigenvalue weighted by Gasteiger charge is -2.31. The Balaban J connectivity index is 2.20. The smallest absolute Gasteiger partial charge is 0.156 e. The molecule has 0 radical (unpaired) electrons. The normalized spacial score (nSPS) is 34.0. The summed E-state index contributed by atoms with van der Waals surface area (Å²) in [6.45, 7) is 5.19. The van der Waals surface area contributed by atoms with Gasteiger partial charge < -0.3 is 14.9 Å². The first-order valence-electron chi connectivity index (χ1n) is 6.02. The van der Waals surface area contributed by atoms with Crippen molar-refractivity contribution < 1.29 is 14.9 Å². The van der Waals surface area contributed by atoms with E-state index in [0.29, 0.717) is 18.9 Å². The second-order valence-electron chi connectivity index (χ2n) is 5.08. The molecule has 0 amide bonds. The van der Waals surface area contributed by atoms with Crippen molar-refractivity contribution >= 4 is 0 Å². The topological polar surface area (TPSA) is 49.7 Å². The molecule has 0 aromatic heterocycles. The summed E-state index contributed by atoms with van der Waals surface area (Å²) in [6.07, 6.45) is 3.25. The van der Waals surface area contributed by atoms with Crippen LogP contribution >= 0.6 is 0 Å². The summed E-state index contributed by atoms with van der Waals surface area (Å²) in [5.74, 6) is 2.13. The lowest BCUT2D eigenvalue weighted by molar-refractivity contribution is -0.123. The van der Waals surface area contributed by atoms with Crippen molar-refractivity contribution in [2.24, 2.45) is 17.8 Å². The molecule has 0 saturated heterocycles. The van der Waals surface area contributed by atoms with Crippen molar-refractivity contribution in [2.75, 3.05) is 13.2 Å². The van der Waals surface area contributed by atoms with E-state index >= 15 is 0 Å². The molecule has 3 nitrogen and oxygen atoms in total. The molecule has 1 aliphatic rings. The Morgan fingerprint density at radius 2 is 1.80 bits per heavy atom. The Morgan fingerprint density at radius 1 is 1.20 bits per heavy atom. The maximum absolute atomic E-state index is 9.33. The van der Waals surface area contributed by atoms with E-state index in [0.717, 1.165) is 11.8 Å². The molecule has 1 rings (SSSR count). The van der Waals surface area contributed by atoms with Crippen LogP contribution in [0.2, 0.25) is 0 Å². The fourth-order valence-corrected chi connectivity index (χ4v) is 2.69. The van der Waals surface area contributed by atoms with E-state index in [-0.39, 0.29) is 6.61 Å². The molecule has 1 saturated carbocycles. The van der Waals surface area contributed by atoms with Gasteiger partial charge in [0, 0.05) is 13.0 Å². The minimum absolute atomic E-state index is 0.0152. The van der Waals surface area contributed by atoms with Crippen LogP contribution in [0, 0.1) is 17.8 Å². The van der Waals surface area contributed by atoms with E-state index in [1.54, 1.807) is 0 Å². The molecule has 3 unspecified atom stereocenters. The Kier molecular flexibility index (Phi) is 5.58. The van der Waals surface area contributed by atoms with Gasteiger partial charge in [0.2, 0.25) is 0 Å². The van der Waals surface area contributed by atoms with Gasteiger partial charge >= 0.3 is 0 Å². The van der Waals surface area contributed by atoms with Crippen molar-refractivity contribution in [3.05, 3.63) is 0 Å². The lowest BCUT2D eigenvalue weighted by atomic mass is 9.77. The van der Waals surface area contributed by atoms with Gasteiger partial charge in [-0.2, -0.15) is 0 Å². The molecule has 90 valence electrons. The van der Waals surface area contributed by atoms with Gasteiger partial charge in [0.25, 0.3) is 0 Å². The number of hydrogen-bond donors (Lipinski definition) is 2. The summed E-state index contributed by atoms with van der Waals surface area (Å²) in [5, 5.41) is 17.9. The van der Waals surface area contributed by atoms with Crippen LogP contribution in [0.25, 0.3) is 0 Å². The Hall–Kier alpha value is -0.120. The minimum Gasteiger partial charge on any atom is -0.396 e. The zero-order valence-corrected chi connectivity index (χ0v) is 9.85. The van der Waals surface area contributed by atoms with E-state index in [9.17, 15) is 5.11 Å². The standard InChI is InChI=1S/C12H24O3/c1-9-5-10(2)7-11(6-9)8-15-12(14)3-4-13/h9-14H,3-8H2,1-2H3. The molecule has 0 aromatic rings. The summed E-state index contributed by atoms with van der Waals surface area (Å²) in [5.41, 5.74) is 0. The number of aliphatic hydroxyl groups excluding tert-OH is 2. The van der Waals surface area contributed by atoms with Gasteiger partial charge in [-0.1, -0.05) is 13.8 Å². The fourth-order valence-electron chi connectivity index (χ4n) is 2.69. The molecule has 15 heavy (non-hydrogen) atoms. The van der Waals surface area contributed by atoms with Crippen LogP contribution in [0.1, 0.15) is 39.5 Å². The summed E-state index contributed by atoms with van der Waals surface area (Å²) >= 11 is 0. The second-order valence-corrected chi connectivity index (χ2v) is 5.08.